The molecule has 2 unspecified atom stereocenters. The summed E-state index contributed by atoms with van der Waals surface area (Å²) in [5.74, 6) is -1.01. The zero-order valence-electron chi connectivity index (χ0n) is 8.81. The maximum absolute atomic E-state index is 11.6. The molecule has 0 saturated carbocycles. The van der Waals surface area contributed by atoms with E-state index in [2.05, 4.69) is 0 Å². The number of benzene rings is 1. The highest BCUT2D eigenvalue weighted by Gasteiger charge is 2.47. The monoisotopic (exact) mass is 268 g/mol. The molecule has 1 aliphatic rings. The van der Waals surface area contributed by atoms with Gasteiger partial charge in [-0.15, -0.1) is 11.6 Å². The summed E-state index contributed by atoms with van der Waals surface area (Å²) < 4.78 is 0. The van der Waals surface area contributed by atoms with Crippen LogP contribution < -0.4 is 0 Å². The largest absolute Gasteiger partial charge is 0.480 e. The molecule has 2 rings (SSSR count). The van der Waals surface area contributed by atoms with Crippen LogP contribution in [0.25, 0.3) is 0 Å². The molecule has 0 radical (unpaired) electrons. The van der Waals surface area contributed by atoms with Crippen molar-refractivity contribution in [2.24, 2.45) is 0 Å². The van der Waals surface area contributed by atoms with Crippen molar-refractivity contribution < 1.29 is 9.90 Å². The Morgan fingerprint density at radius 3 is 2.53 bits per heavy atom. The smallest absolute Gasteiger partial charge is 0.319 e. The van der Waals surface area contributed by atoms with Crippen molar-refractivity contribution in [3.8, 4) is 0 Å². The molecule has 1 aromatic carbocycles. The SMILES string of the molecule is O=C(O)C1(c2ccccc2)C=CC=C(Cl)C1Cl. The lowest BCUT2D eigenvalue weighted by molar-refractivity contribution is -0.141. The Hall–Kier alpha value is -1.25. The zero-order valence-corrected chi connectivity index (χ0v) is 10.3. The summed E-state index contributed by atoms with van der Waals surface area (Å²) in [7, 11) is 0. The molecule has 0 spiro atoms. The summed E-state index contributed by atoms with van der Waals surface area (Å²) in [6.07, 6.45) is 4.82. The Labute approximate surface area is 109 Å². The van der Waals surface area contributed by atoms with Gasteiger partial charge in [-0.05, 0) is 11.6 Å². The second kappa shape index (κ2) is 4.55. The van der Waals surface area contributed by atoms with E-state index in [0.29, 0.717) is 10.6 Å². The molecule has 4 heteroatoms. The Morgan fingerprint density at radius 1 is 1.29 bits per heavy atom. The standard InChI is InChI=1S/C13H10Cl2O2/c14-10-7-4-8-13(11(10)15,12(16)17)9-5-2-1-3-6-9/h1-8,11H,(H,16,17). The number of hydrogen-bond donors (Lipinski definition) is 1. The summed E-state index contributed by atoms with van der Waals surface area (Å²) in [6.45, 7) is 0. The van der Waals surface area contributed by atoms with Crippen LogP contribution in [0.15, 0.2) is 53.6 Å². The highest BCUT2D eigenvalue weighted by molar-refractivity contribution is 6.39. The average Bonchev–Trinajstić information content (AvgIpc) is 2.33. The zero-order chi connectivity index (χ0) is 12.5. The first-order valence-corrected chi connectivity index (χ1v) is 5.88. The highest BCUT2D eigenvalue weighted by Crippen LogP contribution is 2.40. The number of rotatable bonds is 2. The molecule has 0 saturated heterocycles. The Morgan fingerprint density at radius 2 is 1.94 bits per heavy atom. The fourth-order valence-corrected chi connectivity index (χ4v) is 2.55. The van der Waals surface area contributed by atoms with Gasteiger partial charge >= 0.3 is 5.97 Å². The predicted octanol–water partition coefficient (Wildman–Crippen LogP) is 3.31. The number of hydrogen-bond acceptors (Lipinski definition) is 1. The first kappa shape index (κ1) is 12.2. The molecular weight excluding hydrogens is 259 g/mol. The van der Waals surface area contributed by atoms with Gasteiger partial charge in [-0.3, -0.25) is 4.79 Å². The number of allylic oxidation sites excluding steroid dienone is 3. The minimum absolute atomic E-state index is 0.334. The van der Waals surface area contributed by atoms with Crippen LogP contribution in [0.2, 0.25) is 0 Å². The third kappa shape index (κ3) is 1.88. The van der Waals surface area contributed by atoms with Gasteiger partial charge in [-0.1, -0.05) is 54.1 Å². The quantitative estimate of drug-likeness (QED) is 0.836. The molecule has 0 fully saturated rings. The van der Waals surface area contributed by atoms with Crippen molar-refractivity contribution >= 4 is 29.2 Å². The predicted molar refractivity (Wildman–Crippen MR) is 68.5 cm³/mol. The maximum atomic E-state index is 11.6. The van der Waals surface area contributed by atoms with Crippen LogP contribution in [0.1, 0.15) is 5.56 Å². The number of carboxylic acids is 1. The molecule has 0 aromatic heterocycles. The van der Waals surface area contributed by atoms with E-state index in [9.17, 15) is 9.90 Å². The van der Waals surface area contributed by atoms with Gasteiger partial charge in [0.1, 0.15) is 5.41 Å². The Bertz CT molecular complexity index is 493. The average molecular weight is 269 g/mol. The first-order chi connectivity index (χ1) is 8.09. The molecule has 0 bridgehead atoms. The van der Waals surface area contributed by atoms with Gasteiger partial charge in [-0.2, -0.15) is 0 Å². The molecule has 17 heavy (non-hydrogen) atoms. The van der Waals surface area contributed by atoms with Crippen LogP contribution in [0.5, 0.6) is 0 Å². The van der Waals surface area contributed by atoms with Crippen LogP contribution in [0.3, 0.4) is 0 Å². The molecule has 2 nitrogen and oxygen atoms in total. The fraction of sp³-hybridized carbons (Fsp3) is 0.154. The second-order valence-electron chi connectivity index (χ2n) is 3.81. The molecule has 0 amide bonds. The Kier molecular flexibility index (Phi) is 3.27. The first-order valence-electron chi connectivity index (χ1n) is 5.07. The van der Waals surface area contributed by atoms with E-state index in [1.807, 2.05) is 6.07 Å². The fourth-order valence-electron chi connectivity index (χ4n) is 1.94. The van der Waals surface area contributed by atoms with Crippen LogP contribution in [0, 0.1) is 0 Å². The van der Waals surface area contributed by atoms with Crippen molar-refractivity contribution in [2.75, 3.05) is 0 Å². The van der Waals surface area contributed by atoms with E-state index in [1.165, 1.54) is 0 Å². The van der Waals surface area contributed by atoms with E-state index >= 15 is 0 Å². The maximum Gasteiger partial charge on any atom is 0.319 e. The number of alkyl halides is 1. The lowest BCUT2D eigenvalue weighted by Crippen LogP contribution is -2.43. The summed E-state index contributed by atoms with van der Waals surface area (Å²) >= 11 is 12.1. The van der Waals surface area contributed by atoms with E-state index < -0.39 is 16.8 Å². The van der Waals surface area contributed by atoms with Crippen molar-refractivity contribution in [2.45, 2.75) is 10.8 Å². The summed E-state index contributed by atoms with van der Waals surface area (Å²) in [5.41, 5.74) is -0.677. The van der Waals surface area contributed by atoms with Crippen LogP contribution in [0.4, 0.5) is 0 Å². The number of carboxylic acid groups (broad SMARTS) is 1. The molecule has 2 atom stereocenters. The molecule has 1 aromatic rings. The van der Waals surface area contributed by atoms with Crippen LogP contribution in [-0.4, -0.2) is 16.5 Å². The van der Waals surface area contributed by atoms with Crippen molar-refractivity contribution in [3.05, 3.63) is 59.2 Å². The van der Waals surface area contributed by atoms with E-state index in [0.717, 1.165) is 0 Å². The van der Waals surface area contributed by atoms with Gasteiger partial charge in [0.05, 0.1) is 5.38 Å². The van der Waals surface area contributed by atoms with Gasteiger partial charge in [0.25, 0.3) is 0 Å². The van der Waals surface area contributed by atoms with Gasteiger partial charge in [0.2, 0.25) is 0 Å². The number of carbonyl (C=O) groups is 1. The lowest BCUT2D eigenvalue weighted by atomic mass is 9.75. The third-order valence-corrected chi connectivity index (χ3v) is 3.90. The van der Waals surface area contributed by atoms with Crippen LogP contribution in [-0.2, 0) is 10.2 Å². The van der Waals surface area contributed by atoms with Crippen molar-refractivity contribution in [1.29, 1.82) is 0 Å². The minimum Gasteiger partial charge on any atom is -0.480 e. The highest BCUT2D eigenvalue weighted by atomic mass is 35.5. The summed E-state index contributed by atoms with van der Waals surface area (Å²) in [5, 5.41) is 9.05. The normalized spacial score (nSPS) is 27.6. The van der Waals surface area contributed by atoms with Gasteiger partial charge < -0.3 is 5.11 Å². The van der Waals surface area contributed by atoms with Crippen molar-refractivity contribution in [3.63, 3.8) is 0 Å². The molecule has 88 valence electrons. The molecule has 0 aliphatic heterocycles. The van der Waals surface area contributed by atoms with E-state index in [-0.39, 0.29) is 0 Å². The molecule has 1 N–H and O–H groups in total. The number of aliphatic carboxylic acids is 1. The topological polar surface area (TPSA) is 37.3 Å². The number of halogens is 2. The lowest BCUT2D eigenvalue weighted by Gasteiger charge is -2.33. The van der Waals surface area contributed by atoms with E-state index in [1.54, 1.807) is 42.5 Å². The van der Waals surface area contributed by atoms with Gasteiger partial charge in [-0.25, -0.2) is 0 Å². The minimum atomic E-state index is -1.30. The van der Waals surface area contributed by atoms with Crippen molar-refractivity contribution in [1.82, 2.24) is 0 Å². The molecule has 1 aliphatic carbocycles. The van der Waals surface area contributed by atoms with Crippen LogP contribution >= 0.6 is 23.2 Å². The second-order valence-corrected chi connectivity index (χ2v) is 4.69. The van der Waals surface area contributed by atoms with E-state index in [4.69, 9.17) is 23.2 Å². The summed E-state index contributed by atoms with van der Waals surface area (Å²) in [4.78, 5) is 11.6. The molecule has 0 heterocycles. The Balaban J connectivity index is 2.60. The third-order valence-electron chi connectivity index (χ3n) is 2.86. The summed E-state index contributed by atoms with van der Waals surface area (Å²) in [6, 6.07) is 8.87. The molecular formula is C13H10Cl2O2. The van der Waals surface area contributed by atoms with Gasteiger partial charge in [0.15, 0.2) is 0 Å². The van der Waals surface area contributed by atoms with Gasteiger partial charge in [0, 0.05) is 5.03 Å².